The molecule has 1 saturated carbocycles. The van der Waals surface area contributed by atoms with Crippen LogP contribution in [0.3, 0.4) is 0 Å². The number of ether oxygens (including phenoxy) is 1. The van der Waals surface area contributed by atoms with E-state index in [0.29, 0.717) is 54.5 Å². The summed E-state index contributed by atoms with van der Waals surface area (Å²) in [7, 11) is 1.63. The number of morpholine rings is 1. The van der Waals surface area contributed by atoms with Gasteiger partial charge in [-0.2, -0.15) is 4.98 Å². The first-order chi connectivity index (χ1) is 16.9. The molecule has 0 unspecified atom stereocenters. The van der Waals surface area contributed by atoms with Crippen molar-refractivity contribution in [2.24, 2.45) is 7.05 Å². The fraction of sp³-hybridized carbons (Fsp3) is 0.375. The Morgan fingerprint density at radius 2 is 2.00 bits per heavy atom. The molecule has 4 aromatic rings. The van der Waals surface area contributed by atoms with E-state index in [1.807, 2.05) is 4.90 Å². The lowest BCUT2D eigenvalue weighted by atomic mass is 10.1. The lowest BCUT2D eigenvalue weighted by molar-refractivity contribution is 0.0324. The zero-order chi connectivity index (χ0) is 24.3. The summed E-state index contributed by atoms with van der Waals surface area (Å²) in [5.41, 5.74) is 0.549. The molecule has 2 aliphatic rings. The van der Waals surface area contributed by atoms with Crippen LogP contribution in [0.2, 0.25) is 5.02 Å². The maximum atomic E-state index is 15.0. The summed E-state index contributed by atoms with van der Waals surface area (Å²) in [4.78, 5) is 29.1. The minimum Gasteiger partial charge on any atom is -0.366 e. The molecule has 1 atom stereocenters. The van der Waals surface area contributed by atoms with E-state index in [0.717, 1.165) is 12.8 Å². The topological polar surface area (TPSA) is 99.2 Å². The van der Waals surface area contributed by atoms with Gasteiger partial charge >= 0.3 is 0 Å². The van der Waals surface area contributed by atoms with Crippen molar-refractivity contribution in [3.8, 4) is 11.3 Å². The van der Waals surface area contributed by atoms with Crippen LogP contribution < -0.4 is 10.5 Å². The van der Waals surface area contributed by atoms with Crippen LogP contribution in [0.4, 0.5) is 10.2 Å². The summed E-state index contributed by atoms with van der Waals surface area (Å²) in [6.07, 6.45) is 1.73. The minimum atomic E-state index is -0.565. The highest BCUT2D eigenvalue weighted by molar-refractivity contribution is 6.30. The number of halogens is 2. The van der Waals surface area contributed by atoms with Gasteiger partial charge in [0.25, 0.3) is 5.56 Å². The van der Waals surface area contributed by atoms with Crippen LogP contribution in [0, 0.1) is 12.7 Å². The molecule has 0 bridgehead atoms. The fourth-order valence-corrected chi connectivity index (χ4v) is 4.47. The second kappa shape index (κ2) is 8.39. The van der Waals surface area contributed by atoms with Gasteiger partial charge < -0.3 is 14.2 Å². The maximum Gasteiger partial charge on any atom is 0.263 e. The minimum absolute atomic E-state index is 0.182. The van der Waals surface area contributed by atoms with Gasteiger partial charge in [0.2, 0.25) is 11.7 Å². The molecule has 0 spiro atoms. The maximum absolute atomic E-state index is 15.0. The van der Waals surface area contributed by atoms with E-state index >= 15 is 0 Å². The molecular weight excluding hydrogens is 475 g/mol. The third-order valence-electron chi connectivity index (χ3n) is 6.52. The molecule has 1 aliphatic heterocycles. The van der Waals surface area contributed by atoms with Crippen LogP contribution in [0.1, 0.15) is 42.4 Å². The predicted octanol–water partition coefficient (Wildman–Crippen LogP) is 3.93. The Labute approximate surface area is 204 Å². The average Bonchev–Trinajstić information content (AvgIpc) is 3.58. The van der Waals surface area contributed by atoms with Crippen molar-refractivity contribution >= 4 is 28.3 Å². The van der Waals surface area contributed by atoms with Crippen molar-refractivity contribution in [1.29, 1.82) is 0 Å². The lowest BCUT2D eigenvalue weighted by Crippen LogP contribution is -2.39. The van der Waals surface area contributed by atoms with Crippen molar-refractivity contribution < 1.29 is 13.7 Å². The summed E-state index contributed by atoms with van der Waals surface area (Å²) in [5.74, 6) is 2.05. The van der Waals surface area contributed by atoms with Gasteiger partial charge in [0, 0.05) is 36.2 Å². The number of hydrogen-bond acceptors (Lipinski definition) is 8. The van der Waals surface area contributed by atoms with Gasteiger partial charge in [-0.3, -0.25) is 9.36 Å². The zero-order valence-corrected chi connectivity index (χ0v) is 19.9. The van der Waals surface area contributed by atoms with Crippen molar-refractivity contribution in [2.75, 3.05) is 24.6 Å². The van der Waals surface area contributed by atoms with E-state index in [9.17, 15) is 9.18 Å². The van der Waals surface area contributed by atoms with Crippen LogP contribution in [-0.4, -0.2) is 44.4 Å². The molecule has 1 aromatic carbocycles. The van der Waals surface area contributed by atoms with E-state index in [2.05, 4.69) is 15.1 Å². The van der Waals surface area contributed by atoms with Gasteiger partial charge in [0.1, 0.15) is 23.6 Å². The molecule has 180 valence electrons. The SMILES string of the molecule is Cc1nc2cc(N3CCO[C@H](c4noc(C5CC5)n4)C3)nc(-c3ccc(Cl)cc3F)c2c(=O)n1C. The molecule has 1 saturated heterocycles. The standard InChI is InChI=1S/C24H22ClFN6O3/c1-12-27-17-10-19(32-7-8-34-18(11-32)22-29-23(35-30-22)13-3-4-13)28-21(20(17)24(33)31(12)2)15-6-5-14(25)9-16(15)26/h5-6,9-10,13,18H,3-4,7-8,11H2,1-2H3/t18-/m0/s1. The van der Waals surface area contributed by atoms with Crippen molar-refractivity contribution in [3.63, 3.8) is 0 Å². The third-order valence-corrected chi connectivity index (χ3v) is 6.76. The first-order valence-electron chi connectivity index (χ1n) is 11.4. The molecule has 35 heavy (non-hydrogen) atoms. The molecule has 4 heterocycles. The monoisotopic (exact) mass is 496 g/mol. The number of hydrogen-bond donors (Lipinski definition) is 0. The van der Waals surface area contributed by atoms with Crippen LogP contribution in [0.5, 0.6) is 0 Å². The van der Waals surface area contributed by atoms with E-state index < -0.39 is 11.9 Å². The fourth-order valence-electron chi connectivity index (χ4n) is 4.31. The number of rotatable bonds is 4. The summed E-state index contributed by atoms with van der Waals surface area (Å²) >= 11 is 5.97. The quantitative estimate of drug-likeness (QED) is 0.419. The smallest absolute Gasteiger partial charge is 0.263 e. The molecule has 2 fully saturated rings. The Hall–Kier alpha value is -3.37. The summed E-state index contributed by atoms with van der Waals surface area (Å²) in [6.45, 7) is 3.15. The van der Waals surface area contributed by atoms with Crippen molar-refractivity contribution in [1.82, 2.24) is 24.7 Å². The first kappa shape index (κ1) is 22.1. The summed E-state index contributed by atoms with van der Waals surface area (Å²) in [6, 6.07) is 6.07. The van der Waals surface area contributed by atoms with Gasteiger partial charge in [-0.05, 0) is 38.0 Å². The largest absolute Gasteiger partial charge is 0.366 e. The molecule has 9 nitrogen and oxygen atoms in total. The van der Waals surface area contributed by atoms with E-state index in [-0.39, 0.29) is 27.2 Å². The van der Waals surface area contributed by atoms with Gasteiger partial charge in [-0.15, -0.1) is 0 Å². The van der Waals surface area contributed by atoms with Gasteiger partial charge in [0.15, 0.2) is 0 Å². The summed E-state index contributed by atoms with van der Waals surface area (Å²) < 4.78 is 27.7. The van der Waals surface area contributed by atoms with Crippen LogP contribution >= 0.6 is 11.6 Å². The number of fused-ring (bicyclic) bond motifs is 1. The number of aryl methyl sites for hydroxylation is 1. The normalized spacial score (nSPS) is 18.4. The number of aromatic nitrogens is 5. The molecular formula is C24H22ClFN6O3. The highest BCUT2D eigenvalue weighted by Crippen LogP contribution is 2.39. The average molecular weight is 497 g/mol. The number of benzene rings is 1. The van der Waals surface area contributed by atoms with E-state index in [1.54, 1.807) is 26.1 Å². The van der Waals surface area contributed by atoms with Crippen LogP contribution in [-0.2, 0) is 11.8 Å². The summed E-state index contributed by atoms with van der Waals surface area (Å²) in [5, 5.41) is 4.63. The number of anilines is 1. The van der Waals surface area contributed by atoms with E-state index in [1.165, 1.54) is 16.7 Å². The number of nitrogens with zero attached hydrogens (tertiary/aromatic N) is 6. The second-order valence-corrected chi connectivity index (χ2v) is 9.38. The molecule has 0 radical (unpaired) electrons. The highest BCUT2D eigenvalue weighted by Gasteiger charge is 2.33. The first-order valence-corrected chi connectivity index (χ1v) is 11.8. The van der Waals surface area contributed by atoms with Crippen molar-refractivity contribution in [2.45, 2.75) is 31.8 Å². The highest BCUT2D eigenvalue weighted by atomic mass is 35.5. The Balaban J connectivity index is 1.45. The second-order valence-electron chi connectivity index (χ2n) is 8.94. The molecule has 0 amide bonds. The number of pyridine rings is 1. The lowest BCUT2D eigenvalue weighted by Gasteiger charge is -2.32. The van der Waals surface area contributed by atoms with Crippen LogP contribution in [0.25, 0.3) is 22.2 Å². The Morgan fingerprint density at radius 1 is 1.17 bits per heavy atom. The molecule has 1 aliphatic carbocycles. The Kier molecular flexibility index (Phi) is 5.30. The third kappa shape index (κ3) is 3.96. The Morgan fingerprint density at radius 3 is 2.77 bits per heavy atom. The van der Waals surface area contributed by atoms with Crippen LogP contribution in [0.15, 0.2) is 33.6 Å². The van der Waals surface area contributed by atoms with Gasteiger partial charge in [-0.1, -0.05) is 16.8 Å². The molecule has 6 rings (SSSR count). The van der Waals surface area contributed by atoms with Crippen molar-refractivity contribution in [3.05, 3.63) is 63.0 Å². The van der Waals surface area contributed by atoms with Gasteiger partial charge in [0.05, 0.1) is 29.7 Å². The zero-order valence-electron chi connectivity index (χ0n) is 19.2. The Bertz CT molecular complexity index is 1520. The van der Waals surface area contributed by atoms with Gasteiger partial charge in [-0.25, -0.2) is 14.4 Å². The van der Waals surface area contributed by atoms with E-state index in [4.69, 9.17) is 25.8 Å². The molecule has 0 N–H and O–H groups in total. The molecule has 3 aromatic heterocycles. The predicted molar refractivity (Wildman–Crippen MR) is 127 cm³/mol. The molecule has 11 heteroatoms.